The van der Waals surface area contributed by atoms with Gasteiger partial charge in [-0.2, -0.15) is 4.98 Å². The van der Waals surface area contributed by atoms with Crippen molar-refractivity contribution in [1.29, 1.82) is 0 Å². The van der Waals surface area contributed by atoms with E-state index in [9.17, 15) is 9.90 Å². The van der Waals surface area contributed by atoms with E-state index in [4.69, 9.17) is 15.5 Å². The summed E-state index contributed by atoms with van der Waals surface area (Å²) < 4.78 is 7.61. The van der Waals surface area contributed by atoms with Crippen molar-refractivity contribution >= 4 is 23.2 Å². The molecule has 0 radical (unpaired) electrons. The average Bonchev–Trinajstić information content (AvgIpc) is 3.28. The molecule has 1 atom stereocenters. The number of nitrogens with two attached hydrogens (primary N) is 1. The summed E-state index contributed by atoms with van der Waals surface area (Å²) in [5.41, 5.74) is 9.56. The molecule has 3 aromatic rings. The van der Waals surface area contributed by atoms with Crippen LogP contribution in [0, 0.1) is 6.92 Å². The van der Waals surface area contributed by atoms with Crippen LogP contribution in [0.2, 0.25) is 0 Å². The third kappa shape index (κ3) is 6.25. The van der Waals surface area contributed by atoms with E-state index in [0.717, 1.165) is 48.6 Å². The Morgan fingerprint density at radius 1 is 1.22 bits per heavy atom. The van der Waals surface area contributed by atoms with Gasteiger partial charge < -0.3 is 30.7 Å². The number of aryl methyl sites for hydroxylation is 1. The lowest BCUT2D eigenvalue weighted by Gasteiger charge is -2.36. The number of rotatable bonds is 11. The Morgan fingerprint density at radius 3 is 2.68 bits per heavy atom. The lowest BCUT2D eigenvalue weighted by Crippen LogP contribution is -2.51. The highest BCUT2D eigenvalue weighted by Crippen LogP contribution is 2.23. The van der Waals surface area contributed by atoms with Gasteiger partial charge in [0.15, 0.2) is 11.5 Å². The maximum absolute atomic E-state index is 12.1. The second kappa shape index (κ2) is 12.2. The number of nitrogens with one attached hydrogen (secondary N) is 1. The van der Waals surface area contributed by atoms with Gasteiger partial charge in [0.1, 0.15) is 11.9 Å². The molecule has 200 valence electrons. The number of nitrogens with zero attached hydrogens (tertiary/aromatic N) is 7. The van der Waals surface area contributed by atoms with Crippen LogP contribution in [0.25, 0.3) is 5.65 Å². The molecule has 3 aromatic heterocycles. The molecular weight excluding hydrogens is 474 g/mol. The number of pyridine rings is 1. The van der Waals surface area contributed by atoms with Crippen LogP contribution in [-0.4, -0.2) is 93.0 Å². The van der Waals surface area contributed by atoms with Crippen molar-refractivity contribution in [3.8, 4) is 6.01 Å². The van der Waals surface area contributed by atoms with E-state index in [-0.39, 0.29) is 30.4 Å². The quantitative estimate of drug-likeness (QED) is 0.338. The van der Waals surface area contributed by atoms with Crippen molar-refractivity contribution in [3.05, 3.63) is 35.3 Å². The lowest BCUT2D eigenvalue weighted by molar-refractivity contribution is -0.130. The molecule has 12 heteroatoms. The highest BCUT2D eigenvalue weighted by molar-refractivity contribution is 5.78. The number of aliphatic hydroxyl groups excluding tert-OH is 1. The Kier molecular flexibility index (Phi) is 8.72. The number of amides is 1. The summed E-state index contributed by atoms with van der Waals surface area (Å²) in [6.45, 7) is 7.40. The predicted octanol–water partition coefficient (Wildman–Crippen LogP) is 0.799. The summed E-state index contributed by atoms with van der Waals surface area (Å²) in [5.74, 6) is 1.31. The van der Waals surface area contributed by atoms with E-state index in [0.29, 0.717) is 38.1 Å². The molecule has 12 nitrogen and oxygen atoms in total. The first kappa shape index (κ1) is 26.6. The van der Waals surface area contributed by atoms with Crippen LogP contribution in [-0.2, 0) is 11.2 Å². The number of ether oxygens (including phenoxy) is 1. The molecule has 0 spiro atoms. The standard InChI is InChI=1S/C25H37N9O3/c1-4-5-20(6-11-35)37-25-30-22(26)24-29-15-19(34(24)31-25)13-18-12-17(2)23(28-14-18)33-9-7-32(8-10-33)21(36)16-27-3/h12,14-15,20,27,35H,4-11,13,16H2,1-3H3,(H2,26,30,31). The number of aliphatic hydroxyl groups is 1. The van der Waals surface area contributed by atoms with Gasteiger partial charge in [-0.3, -0.25) is 4.79 Å². The molecule has 1 saturated heterocycles. The highest BCUT2D eigenvalue weighted by Gasteiger charge is 2.23. The van der Waals surface area contributed by atoms with Crippen LogP contribution in [0.4, 0.5) is 11.6 Å². The largest absolute Gasteiger partial charge is 0.459 e. The maximum Gasteiger partial charge on any atom is 0.336 e. The molecule has 1 aliphatic rings. The maximum atomic E-state index is 12.1. The lowest BCUT2D eigenvalue weighted by atomic mass is 10.1. The van der Waals surface area contributed by atoms with Crippen molar-refractivity contribution in [2.24, 2.45) is 0 Å². The zero-order valence-electron chi connectivity index (χ0n) is 21.9. The van der Waals surface area contributed by atoms with Gasteiger partial charge in [0.25, 0.3) is 0 Å². The second-order valence-electron chi connectivity index (χ2n) is 9.36. The Morgan fingerprint density at radius 2 is 2.00 bits per heavy atom. The number of aromatic nitrogens is 5. The molecule has 4 N–H and O–H groups in total. The summed E-state index contributed by atoms with van der Waals surface area (Å²) >= 11 is 0. The molecular formula is C25H37N9O3. The summed E-state index contributed by atoms with van der Waals surface area (Å²) in [5, 5.41) is 16.8. The Balaban J connectivity index is 1.48. The number of carbonyl (C=O) groups excluding carboxylic acids is 1. The molecule has 37 heavy (non-hydrogen) atoms. The van der Waals surface area contributed by atoms with Crippen LogP contribution in [0.5, 0.6) is 6.01 Å². The molecule has 1 fully saturated rings. The van der Waals surface area contributed by atoms with Gasteiger partial charge in [-0.05, 0) is 31.5 Å². The highest BCUT2D eigenvalue weighted by atomic mass is 16.5. The smallest absolute Gasteiger partial charge is 0.336 e. The van der Waals surface area contributed by atoms with Crippen molar-refractivity contribution in [3.63, 3.8) is 0 Å². The van der Waals surface area contributed by atoms with Crippen LogP contribution < -0.4 is 20.7 Å². The number of imidazole rings is 1. The zero-order chi connectivity index (χ0) is 26.4. The van der Waals surface area contributed by atoms with Gasteiger partial charge in [0.05, 0.1) is 18.4 Å². The minimum absolute atomic E-state index is 0.0329. The summed E-state index contributed by atoms with van der Waals surface area (Å²) in [6.07, 6.45) is 6.22. The number of hydrogen-bond acceptors (Lipinski definition) is 10. The minimum Gasteiger partial charge on any atom is -0.459 e. The third-order valence-corrected chi connectivity index (χ3v) is 6.53. The number of carbonyl (C=O) groups is 1. The topological polar surface area (TPSA) is 147 Å². The van der Waals surface area contributed by atoms with E-state index < -0.39 is 0 Å². The number of likely N-dealkylation sites (N-methyl/N-ethyl adjacent to an activating group) is 1. The van der Waals surface area contributed by atoms with Gasteiger partial charge in [-0.1, -0.05) is 19.4 Å². The molecule has 1 unspecified atom stereocenters. The van der Waals surface area contributed by atoms with E-state index >= 15 is 0 Å². The van der Waals surface area contributed by atoms with E-state index in [2.05, 4.69) is 45.2 Å². The number of piperazine rings is 1. The monoisotopic (exact) mass is 511 g/mol. The van der Waals surface area contributed by atoms with E-state index in [1.165, 1.54) is 0 Å². The van der Waals surface area contributed by atoms with Gasteiger partial charge in [0, 0.05) is 51.8 Å². The summed E-state index contributed by atoms with van der Waals surface area (Å²) in [4.78, 5) is 29.7. The molecule has 0 bridgehead atoms. The van der Waals surface area contributed by atoms with Crippen molar-refractivity contribution in [2.75, 3.05) is 57.0 Å². The second-order valence-corrected chi connectivity index (χ2v) is 9.36. The Bertz CT molecular complexity index is 1200. The summed E-state index contributed by atoms with van der Waals surface area (Å²) in [6, 6.07) is 2.30. The number of fused-ring (bicyclic) bond motifs is 1. The van der Waals surface area contributed by atoms with E-state index in [1.807, 2.05) is 11.1 Å². The first-order valence-corrected chi connectivity index (χ1v) is 12.8. The molecule has 0 aliphatic carbocycles. The molecule has 4 heterocycles. The predicted molar refractivity (Wildman–Crippen MR) is 141 cm³/mol. The van der Waals surface area contributed by atoms with Gasteiger partial charge in [-0.25, -0.2) is 14.5 Å². The SMILES string of the molecule is CCCC(CCO)Oc1nc(N)c2ncc(Cc3cnc(N4CCN(C(=O)CNC)CC4)c(C)c3)n2n1. The number of anilines is 2. The molecule has 0 saturated carbocycles. The number of nitrogen functional groups attached to an aromatic ring is 1. The first-order valence-electron chi connectivity index (χ1n) is 12.8. The normalized spacial score (nSPS) is 14.8. The third-order valence-electron chi connectivity index (χ3n) is 6.53. The van der Waals surface area contributed by atoms with Crippen molar-refractivity contribution < 1.29 is 14.6 Å². The van der Waals surface area contributed by atoms with Gasteiger partial charge in [-0.15, -0.1) is 5.10 Å². The zero-order valence-corrected chi connectivity index (χ0v) is 21.9. The molecule has 1 aliphatic heterocycles. The molecule has 0 aromatic carbocycles. The Hall–Kier alpha value is -3.51. The Labute approximate surface area is 216 Å². The van der Waals surface area contributed by atoms with Gasteiger partial charge >= 0.3 is 6.01 Å². The van der Waals surface area contributed by atoms with Crippen molar-refractivity contribution in [2.45, 2.75) is 45.6 Å². The summed E-state index contributed by atoms with van der Waals surface area (Å²) in [7, 11) is 1.78. The van der Waals surface area contributed by atoms with E-state index in [1.54, 1.807) is 17.8 Å². The average molecular weight is 512 g/mol. The van der Waals surface area contributed by atoms with Crippen LogP contribution in [0.1, 0.15) is 43.0 Å². The first-order chi connectivity index (χ1) is 17.9. The van der Waals surface area contributed by atoms with Crippen LogP contribution in [0.3, 0.4) is 0 Å². The fourth-order valence-corrected chi connectivity index (χ4v) is 4.67. The molecule has 1 amide bonds. The fraction of sp³-hybridized carbons (Fsp3) is 0.560. The minimum atomic E-state index is -0.179. The van der Waals surface area contributed by atoms with Crippen molar-refractivity contribution in [1.82, 2.24) is 34.8 Å². The van der Waals surface area contributed by atoms with Crippen LogP contribution >= 0.6 is 0 Å². The number of hydrogen-bond donors (Lipinski definition) is 3. The van der Waals surface area contributed by atoms with Gasteiger partial charge in [0.2, 0.25) is 5.91 Å². The fourth-order valence-electron chi connectivity index (χ4n) is 4.67. The van der Waals surface area contributed by atoms with Crippen LogP contribution in [0.15, 0.2) is 18.5 Å². The molecule has 4 rings (SSSR count).